The Morgan fingerprint density at radius 2 is 2.00 bits per heavy atom. The van der Waals surface area contributed by atoms with Crippen molar-refractivity contribution in [1.29, 1.82) is 0 Å². The van der Waals surface area contributed by atoms with Crippen LogP contribution in [0.1, 0.15) is 24.5 Å². The Hall–Kier alpha value is -0.750. The standard InChI is InChI=1S/C13H17F4NS/c1-9(19-2)5-6-18-8-10-3-4-12(14)11(7-10)13(15,16)17/h3-4,7,9,18H,5-6,8H2,1-2H3. The highest BCUT2D eigenvalue weighted by Gasteiger charge is 2.34. The maximum absolute atomic E-state index is 13.1. The predicted molar refractivity (Wildman–Crippen MR) is 70.7 cm³/mol. The van der Waals surface area contributed by atoms with Gasteiger partial charge < -0.3 is 5.32 Å². The van der Waals surface area contributed by atoms with Crippen LogP contribution in [-0.4, -0.2) is 18.1 Å². The second-order valence-corrected chi connectivity index (χ2v) is 5.60. The van der Waals surface area contributed by atoms with Gasteiger partial charge in [-0.05, 0) is 36.9 Å². The molecule has 0 spiro atoms. The van der Waals surface area contributed by atoms with Crippen LogP contribution in [0.3, 0.4) is 0 Å². The smallest absolute Gasteiger partial charge is 0.313 e. The van der Waals surface area contributed by atoms with E-state index in [1.54, 1.807) is 11.8 Å². The summed E-state index contributed by atoms with van der Waals surface area (Å²) in [5.74, 6) is -1.23. The molecule has 0 aliphatic rings. The van der Waals surface area contributed by atoms with Gasteiger partial charge in [0.1, 0.15) is 5.82 Å². The maximum Gasteiger partial charge on any atom is 0.419 e. The topological polar surface area (TPSA) is 12.0 Å². The normalized spacial score (nSPS) is 13.6. The highest BCUT2D eigenvalue weighted by atomic mass is 32.2. The molecule has 0 aromatic heterocycles. The molecule has 19 heavy (non-hydrogen) atoms. The zero-order valence-electron chi connectivity index (χ0n) is 10.9. The Labute approximate surface area is 114 Å². The summed E-state index contributed by atoms with van der Waals surface area (Å²) in [7, 11) is 0. The Morgan fingerprint density at radius 3 is 2.58 bits per heavy atom. The minimum Gasteiger partial charge on any atom is -0.313 e. The number of alkyl halides is 3. The number of benzene rings is 1. The molecule has 0 aliphatic heterocycles. The second-order valence-electron chi connectivity index (χ2n) is 4.32. The Morgan fingerprint density at radius 1 is 1.32 bits per heavy atom. The van der Waals surface area contributed by atoms with E-state index in [9.17, 15) is 17.6 Å². The Kier molecular flexibility index (Phi) is 6.13. The Bertz CT molecular complexity index is 406. The van der Waals surface area contributed by atoms with Crippen molar-refractivity contribution >= 4 is 11.8 Å². The van der Waals surface area contributed by atoms with Crippen molar-refractivity contribution in [2.24, 2.45) is 0 Å². The van der Waals surface area contributed by atoms with Gasteiger partial charge in [0.05, 0.1) is 5.56 Å². The van der Waals surface area contributed by atoms with E-state index in [-0.39, 0.29) is 0 Å². The number of hydrogen-bond acceptors (Lipinski definition) is 2. The first-order chi connectivity index (χ1) is 8.84. The second kappa shape index (κ2) is 7.14. The van der Waals surface area contributed by atoms with Crippen molar-refractivity contribution in [1.82, 2.24) is 5.32 Å². The number of thioether (sulfide) groups is 1. The molecular formula is C13H17F4NS. The van der Waals surface area contributed by atoms with Crippen LogP contribution in [0.15, 0.2) is 18.2 Å². The molecule has 0 heterocycles. The highest BCUT2D eigenvalue weighted by Crippen LogP contribution is 2.31. The van der Waals surface area contributed by atoms with E-state index in [1.165, 1.54) is 6.07 Å². The van der Waals surface area contributed by atoms with Crippen LogP contribution in [-0.2, 0) is 12.7 Å². The van der Waals surface area contributed by atoms with Crippen LogP contribution in [0, 0.1) is 5.82 Å². The monoisotopic (exact) mass is 295 g/mol. The van der Waals surface area contributed by atoms with Crippen LogP contribution < -0.4 is 5.32 Å². The molecule has 0 saturated heterocycles. The molecule has 6 heteroatoms. The SMILES string of the molecule is CSC(C)CCNCc1ccc(F)c(C(F)(F)F)c1. The zero-order chi connectivity index (χ0) is 14.5. The fourth-order valence-electron chi connectivity index (χ4n) is 1.56. The van der Waals surface area contributed by atoms with E-state index in [2.05, 4.69) is 12.2 Å². The van der Waals surface area contributed by atoms with E-state index in [4.69, 9.17) is 0 Å². The first kappa shape index (κ1) is 16.3. The molecular weight excluding hydrogens is 278 g/mol. The fraction of sp³-hybridized carbons (Fsp3) is 0.538. The van der Waals surface area contributed by atoms with Crippen LogP contribution in [0.25, 0.3) is 0 Å². The van der Waals surface area contributed by atoms with Gasteiger partial charge in [-0.25, -0.2) is 4.39 Å². The van der Waals surface area contributed by atoms with Crippen LogP contribution in [0.4, 0.5) is 17.6 Å². The minimum absolute atomic E-state index is 0.310. The van der Waals surface area contributed by atoms with Crippen molar-refractivity contribution in [3.63, 3.8) is 0 Å². The van der Waals surface area contributed by atoms with Gasteiger partial charge in [-0.15, -0.1) is 0 Å². The lowest BCUT2D eigenvalue weighted by molar-refractivity contribution is -0.140. The number of halogens is 4. The van der Waals surface area contributed by atoms with Gasteiger partial charge >= 0.3 is 6.18 Å². The van der Waals surface area contributed by atoms with Gasteiger partial charge in [-0.1, -0.05) is 13.0 Å². The van der Waals surface area contributed by atoms with Crippen molar-refractivity contribution in [3.05, 3.63) is 35.1 Å². The summed E-state index contributed by atoms with van der Waals surface area (Å²) < 4.78 is 50.6. The maximum atomic E-state index is 13.1. The van der Waals surface area contributed by atoms with Gasteiger partial charge in [0, 0.05) is 11.8 Å². The van der Waals surface area contributed by atoms with Crippen LogP contribution in [0.5, 0.6) is 0 Å². The highest BCUT2D eigenvalue weighted by molar-refractivity contribution is 7.99. The lowest BCUT2D eigenvalue weighted by Crippen LogP contribution is -2.18. The van der Waals surface area contributed by atoms with Crippen LogP contribution >= 0.6 is 11.8 Å². The third-order valence-corrected chi connectivity index (χ3v) is 3.84. The zero-order valence-corrected chi connectivity index (χ0v) is 11.7. The third-order valence-electron chi connectivity index (χ3n) is 2.80. The van der Waals surface area contributed by atoms with E-state index < -0.39 is 17.6 Å². The molecule has 1 rings (SSSR count). The molecule has 108 valence electrons. The third kappa shape index (κ3) is 5.40. The van der Waals surface area contributed by atoms with Crippen molar-refractivity contribution in [3.8, 4) is 0 Å². The summed E-state index contributed by atoms with van der Waals surface area (Å²) in [6.07, 6.45) is -1.69. The first-order valence-electron chi connectivity index (χ1n) is 5.93. The van der Waals surface area contributed by atoms with E-state index in [1.807, 2.05) is 6.26 Å². The number of hydrogen-bond donors (Lipinski definition) is 1. The van der Waals surface area contributed by atoms with Crippen molar-refractivity contribution < 1.29 is 17.6 Å². The fourth-order valence-corrected chi connectivity index (χ4v) is 1.91. The summed E-state index contributed by atoms with van der Waals surface area (Å²) in [6, 6.07) is 3.10. The summed E-state index contributed by atoms with van der Waals surface area (Å²) in [4.78, 5) is 0. The number of nitrogens with one attached hydrogen (secondary N) is 1. The van der Waals surface area contributed by atoms with Crippen molar-refractivity contribution in [2.75, 3.05) is 12.8 Å². The predicted octanol–water partition coefficient (Wildman–Crippen LogP) is 4.08. The lowest BCUT2D eigenvalue weighted by atomic mass is 10.1. The van der Waals surface area contributed by atoms with E-state index in [0.29, 0.717) is 17.4 Å². The van der Waals surface area contributed by atoms with Gasteiger partial charge in [-0.3, -0.25) is 0 Å². The molecule has 0 fully saturated rings. The molecule has 0 bridgehead atoms. The molecule has 1 unspecified atom stereocenters. The van der Waals surface area contributed by atoms with Gasteiger partial charge in [0.25, 0.3) is 0 Å². The average Bonchev–Trinajstić information content (AvgIpc) is 2.34. The van der Waals surface area contributed by atoms with Gasteiger partial charge in [-0.2, -0.15) is 24.9 Å². The quantitative estimate of drug-likeness (QED) is 0.627. The lowest BCUT2D eigenvalue weighted by Gasteiger charge is -2.12. The van der Waals surface area contributed by atoms with Gasteiger partial charge in [0.2, 0.25) is 0 Å². The number of rotatable bonds is 6. The van der Waals surface area contributed by atoms with Gasteiger partial charge in [0.15, 0.2) is 0 Å². The summed E-state index contributed by atoms with van der Waals surface area (Å²) in [5, 5.41) is 3.57. The summed E-state index contributed by atoms with van der Waals surface area (Å²) in [5.41, 5.74) is -0.769. The van der Waals surface area contributed by atoms with Crippen molar-refractivity contribution in [2.45, 2.75) is 31.3 Å². The van der Waals surface area contributed by atoms with E-state index in [0.717, 1.165) is 25.1 Å². The Balaban J connectivity index is 2.56. The van der Waals surface area contributed by atoms with Crippen LogP contribution in [0.2, 0.25) is 0 Å². The molecule has 1 aromatic rings. The molecule has 1 nitrogen and oxygen atoms in total. The first-order valence-corrected chi connectivity index (χ1v) is 7.22. The minimum atomic E-state index is -4.65. The molecule has 0 amide bonds. The summed E-state index contributed by atoms with van der Waals surface area (Å²) >= 11 is 1.74. The molecule has 0 saturated carbocycles. The molecule has 0 radical (unpaired) electrons. The van der Waals surface area contributed by atoms with E-state index >= 15 is 0 Å². The molecule has 0 aliphatic carbocycles. The average molecular weight is 295 g/mol. The molecule has 1 N–H and O–H groups in total. The molecule has 1 atom stereocenters. The summed E-state index contributed by atoms with van der Waals surface area (Å²) in [6.45, 7) is 3.12. The largest absolute Gasteiger partial charge is 0.419 e. The molecule has 1 aromatic carbocycles.